The number of aryl methyl sites for hydroxylation is 1. The van der Waals surface area contributed by atoms with Crippen LogP contribution in [0.15, 0.2) is 35.1 Å². The lowest BCUT2D eigenvalue weighted by Crippen LogP contribution is -2.25. The van der Waals surface area contributed by atoms with Crippen molar-refractivity contribution in [3.63, 3.8) is 0 Å². The number of nitrogens with zero attached hydrogens (tertiary/aromatic N) is 2. The molecule has 1 heterocycles. The maximum Gasteiger partial charge on any atom is 0.308 e. The zero-order valence-electron chi connectivity index (χ0n) is 12.6. The van der Waals surface area contributed by atoms with E-state index in [1.54, 1.807) is 0 Å². The second-order valence-corrected chi connectivity index (χ2v) is 4.93. The molecular weight excluding hydrogens is 284 g/mol. The van der Waals surface area contributed by atoms with Crippen molar-refractivity contribution in [2.45, 2.75) is 19.8 Å². The van der Waals surface area contributed by atoms with E-state index in [1.807, 2.05) is 31.2 Å². The number of aromatic nitrogens is 2. The van der Waals surface area contributed by atoms with E-state index in [0.717, 1.165) is 22.4 Å². The normalized spacial score (nSPS) is 10.5. The molecule has 0 fully saturated rings. The topological polar surface area (TPSA) is 81.4 Å². The van der Waals surface area contributed by atoms with Crippen LogP contribution in [0.25, 0.3) is 11.3 Å². The van der Waals surface area contributed by atoms with Gasteiger partial charge in [-0.1, -0.05) is 6.92 Å². The second-order valence-electron chi connectivity index (χ2n) is 4.93. The number of aliphatic carboxylic acids is 1. The molecule has 0 aliphatic rings. The number of carbonyl (C=O) groups is 1. The molecule has 0 amide bonds. The summed E-state index contributed by atoms with van der Waals surface area (Å²) in [7, 11) is 1.51. The third-order valence-electron chi connectivity index (χ3n) is 3.10. The van der Waals surface area contributed by atoms with Gasteiger partial charge in [-0.2, -0.15) is 5.10 Å². The summed E-state index contributed by atoms with van der Waals surface area (Å²) in [6, 6.07) is 8.85. The standard InChI is InChI=1S/C16H18N2O4/c1-3-8-22-13-6-4-11(5-7-13)14-9-12(10-15(19)20)16(21)18(2)17-14/h4-7,9H,3,8,10H2,1-2H3,(H,19,20). The molecule has 0 atom stereocenters. The van der Waals surface area contributed by atoms with Crippen LogP contribution in [0.2, 0.25) is 0 Å². The summed E-state index contributed by atoms with van der Waals surface area (Å²) < 4.78 is 6.67. The van der Waals surface area contributed by atoms with Crippen molar-refractivity contribution in [2.75, 3.05) is 6.61 Å². The van der Waals surface area contributed by atoms with Gasteiger partial charge in [0.1, 0.15) is 5.75 Å². The molecule has 0 saturated heterocycles. The average Bonchev–Trinajstić information content (AvgIpc) is 2.49. The Hall–Kier alpha value is -2.63. The molecule has 116 valence electrons. The first-order valence-corrected chi connectivity index (χ1v) is 7.03. The van der Waals surface area contributed by atoms with E-state index in [2.05, 4.69) is 5.10 Å². The van der Waals surface area contributed by atoms with Crippen molar-refractivity contribution in [1.82, 2.24) is 9.78 Å². The van der Waals surface area contributed by atoms with Gasteiger partial charge in [0.25, 0.3) is 5.56 Å². The van der Waals surface area contributed by atoms with Crippen LogP contribution in [0.1, 0.15) is 18.9 Å². The number of hydrogen-bond donors (Lipinski definition) is 1. The molecule has 0 aliphatic heterocycles. The number of ether oxygens (including phenoxy) is 1. The van der Waals surface area contributed by atoms with Gasteiger partial charge in [0.15, 0.2) is 0 Å². The van der Waals surface area contributed by atoms with E-state index in [-0.39, 0.29) is 12.0 Å². The Morgan fingerprint density at radius 1 is 1.32 bits per heavy atom. The molecular formula is C16H18N2O4. The minimum absolute atomic E-state index is 0.214. The molecule has 0 radical (unpaired) electrons. The van der Waals surface area contributed by atoms with E-state index >= 15 is 0 Å². The molecule has 0 spiro atoms. The molecule has 2 aromatic rings. The zero-order valence-corrected chi connectivity index (χ0v) is 12.6. The highest BCUT2D eigenvalue weighted by Gasteiger charge is 2.11. The van der Waals surface area contributed by atoms with Gasteiger partial charge in [-0.15, -0.1) is 0 Å². The fourth-order valence-corrected chi connectivity index (χ4v) is 2.04. The van der Waals surface area contributed by atoms with E-state index < -0.39 is 11.5 Å². The third-order valence-corrected chi connectivity index (χ3v) is 3.10. The number of rotatable bonds is 6. The first kappa shape index (κ1) is 15.8. The van der Waals surface area contributed by atoms with Crippen LogP contribution in [0.3, 0.4) is 0 Å². The van der Waals surface area contributed by atoms with Gasteiger partial charge in [0, 0.05) is 18.2 Å². The lowest BCUT2D eigenvalue weighted by molar-refractivity contribution is -0.136. The van der Waals surface area contributed by atoms with Gasteiger partial charge in [0.2, 0.25) is 0 Å². The molecule has 1 aromatic heterocycles. The van der Waals surface area contributed by atoms with E-state index in [4.69, 9.17) is 9.84 Å². The second kappa shape index (κ2) is 6.89. The maximum absolute atomic E-state index is 11.9. The quantitative estimate of drug-likeness (QED) is 0.881. The average molecular weight is 302 g/mol. The van der Waals surface area contributed by atoms with Crippen molar-refractivity contribution < 1.29 is 14.6 Å². The van der Waals surface area contributed by atoms with Gasteiger partial charge in [-0.25, -0.2) is 4.68 Å². The van der Waals surface area contributed by atoms with Crippen LogP contribution in [-0.2, 0) is 18.3 Å². The monoisotopic (exact) mass is 302 g/mol. The van der Waals surface area contributed by atoms with E-state index in [9.17, 15) is 9.59 Å². The molecule has 22 heavy (non-hydrogen) atoms. The van der Waals surface area contributed by atoms with Crippen molar-refractivity contribution in [3.8, 4) is 17.0 Å². The van der Waals surface area contributed by atoms with Gasteiger partial charge in [0.05, 0.1) is 18.7 Å². The first-order chi connectivity index (χ1) is 10.5. The van der Waals surface area contributed by atoms with Crippen LogP contribution in [0.5, 0.6) is 5.75 Å². The minimum atomic E-state index is -1.04. The Balaban J connectivity index is 2.33. The highest BCUT2D eigenvalue weighted by molar-refractivity contribution is 5.71. The Labute approximate surface area is 128 Å². The summed E-state index contributed by atoms with van der Waals surface area (Å²) in [6.07, 6.45) is 0.614. The van der Waals surface area contributed by atoms with Crippen molar-refractivity contribution in [2.24, 2.45) is 7.05 Å². The predicted octanol–water partition coefficient (Wildman–Crippen LogP) is 1.86. The summed E-state index contributed by atoms with van der Waals surface area (Å²) >= 11 is 0. The highest BCUT2D eigenvalue weighted by atomic mass is 16.5. The summed E-state index contributed by atoms with van der Waals surface area (Å²) in [5, 5.41) is 13.1. The van der Waals surface area contributed by atoms with Crippen molar-refractivity contribution in [1.29, 1.82) is 0 Å². The smallest absolute Gasteiger partial charge is 0.308 e. The minimum Gasteiger partial charge on any atom is -0.494 e. The van der Waals surface area contributed by atoms with Crippen LogP contribution in [0, 0.1) is 0 Å². The molecule has 0 saturated carbocycles. The van der Waals surface area contributed by atoms with Crippen LogP contribution in [0.4, 0.5) is 0 Å². The number of hydrogen-bond acceptors (Lipinski definition) is 4. The van der Waals surface area contributed by atoms with Crippen LogP contribution < -0.4 is 10.3 Å². The number of benzene rings is 1. The third kappa shape index (κ3) is 3.72. The van der Waals surface area contributed by atoms with Crippen molar-refractivity contribution in [3.05, 3.63) is 46.2 Å². The molecule has 1 aromatic carbocycles. The molecule has 0 aliphatic carbocycles. The maximum atomic E-state index is 11.9. The van der Waals surface area contributed by atoms with Crippen molar-refractivity contribution >= 4 is 5.97 Å². The zero-order chi connectivity index (χ0) is 16.1. The number of carboxylic acids is 1. The molecule has 0 unspecified atom stereocenters. The molecule has 2 rings (SSSR count). The van der Waals surface area contributed by atoms with Gasteiger partial charge < -0.3 is 9.84 Å². The summed E-state index contributed by atoms with van der Waals surface area (Å²) in [5.41, 5.74) is 1.17. The first-order valence-electron chi connectivity index (χ1n) is 7.03. The largest absolute Gasteiger partial charge is 0.494 e. The highest BCUT2D eigenvalue weighted by Crippen LogP contribution is 2.20. The van der Waals surface area contributed by atoms with Crippen LogP contribution in [-0.4, -0.2) is 27.5 Å². The molecule has 6 nitrogen and oxygen atoms in total. The lowest BCUT2D eigenvalue weighted by atomic mass is 10.1. The Kier molecular flexibility index (Phi) is 4.93. The SMILES string of the molecule is CCCOc1ccc(-c2cc(CC(=O)O)c(=O)n(C)n2)cc1. The molecule has 0 bridgehead atoms. The summed E-state index contributed by atoms with van der Waals surface area (Å²) in [6.45, 7) is 2.69. The van der Waals surface area contributed by atoms with Crippen LogP contribution >= 0.6 is 0 Å². The fraction of sp³-hybridized carbons (Fsp3) is 0.312. The predicted molar refractivity (Wildman–Crippen MR) is 82.0 cm³/mol. The molecule has 6 heteroatoms. The Bertz CT molecular complexity index is 720. The lowest BCUT2D eigenvalue weighted by Gasteiger charge is -2.08. The van der Waals surface area contributed by atoms with E-state index in [1.165, 1.54) is 13.1 Å². The Morgan fingerprint density at radius 3 is 2.59 bits per heavy atom. The van der Waals surface area contributed by atoms with Gasteiger partial charge >= 0.3 is 5.97 Å². The van der Waals surface area contributed by atoms with Gasteiger partial charge in [-0.05, 0) is 36.8 Å². The number of carboxylic acid groups (broad SMARTS) is 1. The van der Waals surface area contributed by atoms with Gasteiger partial charge in [-0.3, -0.25) is 9.59 Å². The fourth-order valence-electron chi connectivity index (χ4n) is 2.04. The Morgan fingerprint density at radius 2 is 2.00 bits per heavy atom. The molecule has 1 N–H and O–H groups in total. The summed E-state index contributed by atoms with van der Waals surface area (Å²) in [5.74, 6) is -0.279. The van der Waals surface area contributed by atoms with E-state index in [0.29, 0.717) is 12.3 Å². The summed E-state index contributed by atoms with van der Waals surface area (Å²) in [4.78, 5) is 22.7.